The fourth-order valence-corrected chi connectivity index (χ4v) is 3.07. The summed E-state index contributed by atoms with van der Waals surface area (Å²) in [5.41, 5.74) is 1.71. The van der Waals surface area contributed by atoms with Crippen molar-refractivity contribution in [1.29, 1.82) is 0 Å². The van der Waals surface area contributed by atoms with Crippen molar-refractivity contribution in [3.63, 3.8) is 0 Å². The zero-order chi connectivity index (χ0) is 21.7. The lowest BCUT2D eigenvalue weighted by atomic mass is 10.1. The van der Waals surface area contributed by atoms with Crippen LogP contribution in [0.4, 0.5) is 5.69 Å². The molecule has 0 saturated carbocycles. The van der Waals surface area contributed by atoms with E-state index in [1.807, 2.05) is 0 Å². The molecule has 0 fully saturated rings. The molecule has 0 bridgehead atoms. The quantitative estimate of drug-likeness (QED) is 0.476. The van der Waals surface area contributed by atoms with Crippen LogP contribution in [0.1, 0.15) is 27.6 Å². The highest BCUT2D eigenvalue weighted by Crippen LogP contribution is 2.22. The molecule has 0 unspecified atom stereocenters. The summed E-state index contributed by atoms with van der Waals surface area (Å²) in [6.45, 7) is 0.706. The van der Waals surface area contributed by atoms with E-state index in [9.17, 15) is 19.2 Å². The summed E-state index contributed by atoms with van der Waals surface area (Å²) >= 11 is 0. The number of ether oxygens (including phenoxy) is 2. The molecule has 1 aromatic heterocycles. The molecule has 1 amide bonds. The van der Waals surface area contributed by atoms with Crippen LogP contribution < -0.4 is 5.32 Å². The second-order valence-corrected chi connectivity index (χ2v) is 6.49. The largest absolute Gasteiger partial charge is 0.465 e. The molecular formula is C22H20N2O6. The number of benzene rings is 2. The number of ketones is 1. The Balaban J connectivity index is 1.65. The van der Waals surface area contributed by atoms with Gasteiger partial charge in [-0.2, -0.15) is 0 Å². The van der Waals surface area contributed by atoms with Crippen LogP contribution in [0, 0.1) is 0 Å². The number of hydrogen-bond acceptors (Lipinski definition) is 6. The van der Waals surface area contributed by atoms with Crippen molar-refractivity contribution in [1.82, 2.24) is 4.57 Å². The van der Waals surface area contributed by atoms with Crippen LogP contribution >= 0.6 is 0 Å². The van der Waals surface area contributed by atoms with Crippen molar-refractivity contribution >= 4 is 40.2 Å². The minimum atomic E-state index is -0.651. The first kappa shape index (κ1) is 20.8. The van der Waals surface area contributed by atoms with Gasteiger partial charge in [-0.3, -0.25) is 14.4 Å². The molecule has 3 aromatic rings. The summed E-state index contributed by atoms with van der Waals surface area (Å²) in [6, 6.07) is 13.6. The molecule has 1 heterocycles. The van der Waals surface area contributed by atoms with Crippen molar-refractivity contribution in [3.05, 3.63) is 65.9 Å². The van der Waals surface area contributed by atoms with E-state index in [0.717, 1.165) is 0 Å². The fraction of sp³-hybridized carbons (Fsp3) is 0.182. The van der Waals surface area contributed by atoms with Gasteiger partial charge in [0, 0.05) is 22.7 Å². The van der Waals surface area contributed by atoms with E-state index in [0.29, 0.717) is 27.7 Å². The lowest BCUT2D eigenvalue weighted by Gasteiger charge is -2.10. The minimum Gasteiger partial charge on any atom is -0.465 e. The smallest absolute Gasteiger partial charge is 0.340 e. The van der Waals surface area contributed by atoms with E-state index in [2.05, 4.69) is 5.32 Å². The normalized spacial score (nSPS) is 10.5. The van der Waals surface area contributed by atoms with Gasteiger partial charge in [0.1, 0.15) is 6.54 Å². The van der Waals surface area contributed by atoms with E-state index >= 15 is 0 Å². The van der Waals surface area contributed by atoms with Crippen molar-refractivity contribution in [2.24, 2.45) is 0 Å². The Labute approximate surface area is 172 Å². The van der Waals surface area contributed by atoms with Crippen LogP contribution in [0.3, 0.4) is 0 Å². The molecule has 154 valence electrons. The topological polar surface area (TPSA) is 104 Å². The third-order valence-electron chi connectivity index (χ3n) is 4.44. The van der Waals surface area contributed by atoms with Crippen LogP contribution in [0.25, 0.3) is 10.9 Å². The number of aromatic nitrogens is 1. The number of fused-ring (bicyclic) bond motifs is 1. The summed E-state index contributed by atoms with van der Waals surface area (Å²) in [5, 5.41) is 3.21. The number of Topliss-reactive ketones (excluding diaryl/α,β-unsaturated/α-hetero) is 1. The van der Waals surface area contributed by atoms with Gasteiger partial charge in [-0.25, -0.2) is 4.79 Å². The standard InChI is InChI=1S/C22H20N2O6/c1-14(25)15-7-3-5-9-18(15)23-20(26)13-30-21(27)12-24-11-17(22(28)29-2)16-8-4-6-10-19(16)24/h3-11H,12-13H2,1-2H3,(H,23,26). The molecule has 1 N–H and O–H groups in total. The molecule has 0 spiro atoms. The molecule has 8 nitrogen and oxygen atoms in total. The average Bonchev–Trinajstić information content (AvgIpc) is 3.10. The molecule has 30 heavy (non-hydrogen) atoms. The van der Waals surface area contributed by atoms with Gasteiger partial charge in [-0.05, 0) is 25.1 Å². The zero-order valence-corrected chi connectivity index (χ0v) is 16.5. The predicted molar refractivity (Wildman–Crippen MR) is 109 cm³/mol. The number of rotatable bonds is 7. The number of para-hydroxylation sites is 2. The van der Waals surface area contributed by atoms with Gasteiger partial charge in [0.05, 0.1) is 18.4 Å². The van der Waals surface area contributed by atoms with E-state index in [4.69, 9.17) is 9.47 Å². The summed E-state index contributed by atoms with van der Waals surface area (Å²) < 4.78 is 11.4. The predicted octanol–water partition coefficient (Wildman–Crippen LogP) is 2.81. The third kappa shape index (κ3) is 4.54. The average molecular weight is 408 g/mol. The molecule has 2 aromatic carbocycles. The minimum absolute atomic E-state index is 0.186. The molecule has 0 atom stereocenters. The molecule has 0 aliphatic carbocycles. The molecule has 0 aliphatic rings. The molecule has 8 heteroatoms. The lowest BCUT2D eigenvalue weighted by molar-refractivity contribution is -0.147. The third-order valence-corrected chi connectivity index (χ3v) is 4.44. The zero-order valence-electron chi connectivity index (χ0n) is 16.5. The Hall–Kier alpha value is -3.94. The van der Waals surface area contributed by atoms with Crippen LogP contribution in [0.5, 0.6) is 0 Å². The van der Waals surface area contributed by atoms with Gasteiger partial charge in [-0.15, -0.1) is 0 Å². The summed E-state index contributed by atoms with van der Waals surface area (Å²) in [5.74, 6) is -1.92. The van der Waals surface area contributed by atoms with Gasteiger partial charge in [0.15, 0.2) is 12.4 Å². The Morgan fingerprint density at radius 3 is 2.40 bits per heavy atom. The number of carbonyl (C=O) groups is 4. The molecule has 0 radical (unpaired) electrons. The SMILES string of the molecule is COC(=O)c1cn(CC(=O)OCC(=O)Nc2ccccc2C(C)=O)c2ccccc12. The first-order chi connectivity index (χ1) is 14.4. The maximum Gasteiger partial charge on any atom is 0.340 e. The van der Waals surface area contributed by atoms with E-state index in [1.54, 1.807) is 53.1 Å². The maximum absolute atomic E-state index is 12.2. The van der Waals surface area contributed by atoms with Gasteiger partial charge < -0.3 is 19.4 Å². The Kier molecular flexibility index (Phi) is 6.26. The Morgan fingerprint density at radius 1 is 0.967 bits per heavy atom. The fourth-order valence-electron chi connectivity index (χ4n) is 3.07. The second kappa shape index (κ2) is 9.04. The summed E-state index contributed by atoms with van der Waals surface area (Å²) in [6.07, 6.45) is 1.51. The molecule has 0 aliphatic heterocycles. The second-order valence-electron chi connectivity index (χ2n) is 6.49. The van der Waals surface area contributed by atoms with Crippen molar-refractivity contribution in [3.8, 4) is 0 Å². The Bertz CT molecular complexity index is 1130. The number of amides is 1. The highest BCUT2D eigenvalue weighted by atomic mass is 16.5. The number of nitrogens with one attached hydrogen (secondary N) is 1. The van der Waals surface area contributed by atoms with Gasteiger partial charge in [0.25, 0.3) is 5.91 Å². The summed E-state index contributed by atoms with van der Waals surface area (Å²) in [7, 11) is 1.28. The Morgan fingerprint density at radius 2 is 1.67 bits per heavy atom. The number of carbonyl (C=O) groups excluding carboxylic acids is 4. The first-order valence-corrected chi connectivity index (χ1v) is 9.12. The van der Waals surface area contributed by atoms with Crippen molar-refractivity contribution < 1.29 is 28.7 Å². The first-order valence-electron chi connectivity index (χ1n) is 9.12. The van der Waals surface area contributed by atoms with E-state index < -0.39 is 24.5 Å². The van der Waals surface area contributed by atoms with Crippen molar-refractivity contribution in [2.75, 3.05) is 19.0 Å². The van der Waals surface area contributed by atoms with Crippen LogP contribution in [0.15, 0.2) is 54.7 Å². The lowest BCUT2D eigenvalue weighted by Crippen LogP contribution is -2.23. The van der Waals surface area contributed by atoms with Crippen LogP contribution in [0.2, 0.25) is 0 Å². The molecule has 0 saturated heterocycles. The monoisotopic (exact) mass is 408 g/mol. The van der Waals surface area contributed by atoms with E-state index in [1.165, 1.54) is 20.2 Å². The van der Waals surface area contributed by atoms with E-state index in [-0.39, 0.29) is 12.3 Å². The summed E-state index contributed by atoms with van der Waals surface area (Å²) in [4.78, 5) is 48.0. The molecular weight excluding hydrogens is 388 g/mol. The van der Waals surface area contributed by atoms with Crippen LogP contribution in [-0.4, -0.2) is 41.9 Å². The molecule has 3 rings (SSSR count). The van der Waals surface area contributed by atoms with Crippen molar-refractivity contribution in [2.45, 2.75) is 13.5 Å². The van der Waals surface area contributed by atoms with Crippen LogP contribution in [-0.2, 0) is 25.6 Å². The number of nitrogens with zero attached hydrogens (tertiary/aromatic N) is 1. The van der Waals surface area contributed by atoms with Gasteiger partial charge >= 0.3 is 11.9 Å². The number of esters is 2. The van der Waals surface area contributed by atoms with Gasteiger partial charge in [-0.1, -0.05) is 30.3 Å². The highest BCUT2D eigenvalue weighted by Gasteiger charge is 2.18. The number of methoxy groups -OCH3 is 1. The van der Waals surface area contributed by atoms with Gasteiger partial charge in [0.2, 0.25) is 0 Å². The highest BCUT2D eigenvalue weighted by molar-refractivity contribution is 6.05. The number of anilines is 1. The maximum atomic E-state index is 12.2. The number of hydrogen-bond donors (Lipinski definition) is 1.